The van der Waals surface area contributed by atoms with Gasteiger partial charge in [0.05, 0.1) is 3.79 Å². The highest BCUT2D eigenvalue weighted by atomic mass is 79.9. The molecule has 108 valence electrons. The van der Waals surface area contributed by atoms with Crippen LogP contribution in [0.3, 0.4) is 0 Å². The number of amides is 1. The number of carbonyl (C=O) groups is 1. The molecule has 0 fully saturated rings. The normalized spacial score (nSPS) is 11.0. The van der Waals surface area contributed by atoms with E-state index in [0.717, 1.165) is 21.6 Å². The van der Waals surface area contributed by atoms with Gasteiger partial charge < -0.3 is 5.32 Å². The van der Waals surface area contributed by atoms with E-state index in [1.165, 1.54) is 16.2 Å². The number of hydrogen-bond donors (Lipinski definition) is 1. The number of hydrogen-bond acceptors (Lipinski definition) is 5. The Labute approximate surface area is 134 Å². The van der Waals surface area contributed by atoms with Gasteiger partial charge in [0.25, 0.3) is 0 Å². The molecule has 0 aliphatic rings. The highest BCUT2D eigenvalue weighted by molar-refractivity contribution is 9.11. The van der Waals surface area contributed by atoms with Gasteiger partial charge in [-0.1, -0.05) is 25.2 Å². The summed E-state index contributed by atoms with van der Waals surface area (Å²) in [6.07, 6.45) is 2.28. The Bertz CT molecular complexity index is 580. The van der Waals surface area contributed by atoms with Gasteiger partial charge >= 0.3 is 0 Å². The van der Waals surface area contributed by atoms with Crippen molar-refractivity contribution in [2.45, 2.75) is 39.0 Å². The lowest BCUT2D eigenvalue weighted by Gasteiger charge is -2.00. The second-order valence-corrected chi connectivity index (χ2v) is 8.26. The lowest BCUT2D eigenvalue weighted by Crippen LogP contribution is -2.11. The number of rotatable bonds is 6. The molecule has 2 aromatic heterocycles. The fraction of sp³-hybridized carbons (Fsp3) is 0.462. The van der Waals surface area contributed by atoms with Crippen LogP contribution < -0.4 is 5.32 Å². The van der Waals surface area contributed by atoms with Crippen molar-refractivity contribution in [1.82, 2.24) is 10.2 Å². The van der Waals surface area contributed by atoms with E-state index in [9.17, 15) is 4.79 Å². The molecule has 0 aromatic carbocycles. The summed E-state index contributed by atoms with van der Waals surface area (Å²) < 4.78 is 1.13. The van der Waals surface area contributed by atoms with Gasteiger partial charge in [0, 0.05) is 17.2 Å². The minimum Gasteiger partial charge on any atom is -0.301 e. The zero-order chi connectivity index (χ0) is 14.5. The molecule has 4 nitrogen and oxygen atoms in total. The van der Waals surface area contributed by atoms with Crippen LogP contribution in [-0.4, -0.2) is 16.1 Å². The monoisotopic (exact) mass is 373 g/mol. The minimum absolute atomic E-state index is 0.00655. The lowest BCUT2D eigenvalue weighted by molar-refractivity contribution is -0.116. The van der Waals surface area contributed by atoms with Crippen molar-refractivity contribution in [3.8, 4) is 0 Å². The molecule has 0 bridgehead atoms. The third kappa shape index (κ3) is 4.64. The van der Waals surface area contributed by atoms with Gasteiger partial charge in [0.1, 0.15) is 5.01 Å². The van der Waals surface area contributed by atoms with Crippen LogP contribution >= 0.6 is 38.6 Å². The molecule has 0 saturated carbocycles. The molecule has 2 aromatic rings. The highest BCUT2D eigenvalue weighted by Crippen LogP contribution is 2.24. The molecular formula is C13H16BrN3OS2. The Morgan fingerprint density at radius 1 is 1.35 bits per heavy atom. The van der Waals surface area contributed by atoms with Gasteiger partial charge in [-0.2, -0.15) is 0 Å². The molecule has 0 atom stereocenters. The van der Waals surface area contributed by atoms with Crippen molar-refractivity contribution >= 4 is 49.6 Å². The molecule has 7 heteroatoms. The van der Waals surface area contributed by atoms with Crippen LogP contribution in [-0.2, 0) is 11.2 Å². The molecule has 0 aliphatic carbocycles. The molecule has 0 saturated heterocycles. The Kier molecular flexibility index (Phi) is 5.68. The average molecular weight is 374 g/mol. The second-order valence-electron chi connectivity index (χ2n) is 4.71. The van der Waals surface area contributed by atoms with Gasteiger partial charge in [-0.25, -0.2) is 0 Å². The summed E-state index contributed by atoms with van der Waals surface area (Å²) in [7, 11) is 0. The lowest BCUT2D eigenvalue weighted by atomic mass is 10.2. The Morgan fingerprint density at radius 2 is 2.15 bits per heavy atom. The summed E-state index contributed by atoms with van der Waals surface area (Å²) >= 11 is 6.60. The van der Waals surface area contributed by atoms with Crippen molar-refractivity contribution in [1.29, 1.82) is 0 Å². The highest BCUT2D eigenvalue weighted by Gasteiger charge is 2.10. The summed E-state index contributed by atoms with van der Waals surface area (Å²) in [6, 6.07) is 4.13. The van der Waals surface area contributed by atoms with Crippen LogP contribution in [0.25, 0.3) is 0 Å². The van der Waals surface area contributed by atoms with Gasteiger partial charge in [0.15, 0.2) is 0 Å². The van der Waals surface area contributed by atoms with Gasteiger partial charge in [-0.05, 0) is 40.9 Å². The largest absolute Gasteiger partial charge is 0.301 e. The van der Waals surface area contributed by atoms with E-state index in [-0.39, 0.29) is 5.91 Å². The third-order valence-corrected chi connectivity index (χ3v) is 5.46. The molecule has 1 amide bonds. The first-order valence-corrected chi connectivity index (χ1v) is 8.84. The molecule has 2 rings (SSSR count). The van der Waals surface area contributed by atoms with Gasteiger partial charge in [-0.15, -0.1) is 21.5 Å². The number of carbonyl (C=O) groups excluding carboxylic acids is 1. The maximum Gasteiger partial charge on any atom is 0.226 e. The fourth-order valence-electron chi connectivity index (χ4n) is 1.61. The summed E-state index contributed by atoms with van der Waals surface area (Å²) in [4.78, 5) is 13.1. The summed E-state index contributed by atoms with van der Waals surface area (Å²) in [5.74, 6) is 0.350. The van der Waals surface area contributed by atoms with E-state index in [2.05, 4.69) is 51.4 Å². The van der Waals surface area contributed by atoms with E-state index in [4.69, 9.17) is 0 Å². The number of nitrogens with one attached hydrogen (secondary N) is 1. The number of aromatic nitrogens is 2. The quantitative estimate of drug-likeness (QED) is 0.813. The predicted octanol–water partition coefficient (Wildman–Crippen LogP) is 4.45. The molecule has 0 spiro atoms. The zero-order valence-electron chi connectivity index (χ0n) is 11.4. The van der Waals surface area contributed by atoms with Crippen LogP contribution in [0.2, 0.25) is 0 Å². The average Bonchev–Trinajstić information content (AvgIpc) is 2.99. The number of thiophene rings is 1. The van der Waals surface area contributed by atoms with Gasteiger partial charge in [0.2, 0.25) is 11.0 Å². The molecule has 0 unspecified atom stereocenters. The first-order chi connectivity index (χ1) is 9.54. The van der Waals surface area contributed by atoms with E-state index >= 15 is 0 Å². The van der Waals surface area contributed by atoms with Crippen molar-refractivity contribution in [3.63, 3.8) is 0 Å². The van der Waals surface area contributed by atoms with Crippen LogP contribution in [0.1, 0.15) is 42.5 Å². The van der Waals surface area contributed by atoms with E-state index in [1.54, 1.807) is 11.3 Å². The molecule has 1 N–H and O–H groups in total. The SMILES string of the molecule is CC(C)c1nnc(NC(=O)CCCc2ccc(Br)s2)s1. The van der Waals surface area contributed by atoms with Crippen LogP contribution in [0.5, 0.6) is 0 Å². The first-order valence-electron chi connectivity index (χ1n) is 6.42. The van der Waals surface area contributed by atoms with Crippen LogP contribution in [0.4, 0.5) is 5.13 Å². The first kappa shape index (κ1) is 15.6. The second kappa shape index (κ2) is 7.28. The topological polar surface area (TPSA) is 54.9 Å². The van der Waals surface area contributed by atoms with Crippen molar-refractivity contribution in [3.05, 3.63) is 25.8 Å². The number of nitrogens with zero attached hydrogens (tertiary/aromatic N) is 2. The summed E-state index contributed by atoms with van der Waals surface area (Å²) in [6.45, 7) is 4.12. The predicted molar refractivity (Wildman–Crippen MR) is 87.6 cm³/mol. The minimum atomic E-state index is 0.00655. The molecule has 0 radical (unpaired) electrons. The number of aryl methyl sites for hydroxylation is 1. The smallest absolute Gasteiger partial charge is 0.226 e. The zero-order valence-corrected chi connectivity index (χ0v) is 14.6. The summed E-state index contributed by atoms with van der Waals surface area (Å²) in [5.41, 5.74) is 0. The van der Waals surface area contributed by atoms with Gasteiger partial charge in [-0.3, -0.25) is 4.79 Å². The standard InChI is InChI=1S/C13H16BrN3OS2/c1-8(2)12-16-17-13(20-12)15-11(18)5-3-4-9-6-7-10(14)19-9/h6-8H,3-5H2,1-2H3,(H,15,17,18). The van der Waals surface area contributed by atoms with Crippen LogP contribution in [0, 0.1) is 0 Å². The summed E-state index contributed by atoms with van der Waals surface area (Å²) in [5, 5.41) is 12.4. The van der Waals surface area contributed by atoms with Crippen molar-refractivity contribution in [2.75, 3.05) is 5.32 Å². The third-order valence-electron chi connectivity index (χ3n) is 2.64. The van der Waals surface area contributed by atoms with E-state index in [1.807, 2.05) is 6.07 Å². The molecule has 20 heavy (non-hydrogen) atoms. The number of anilines is 1. The Morgan fingerprint density at radius 3 is 2.75 bits per heavy atom. The maximum atomic E-state index is 11.8. The number of halogens is 1. The molecule has 0 aliphatic heterocycles. The molecular weight excluding hydrogens is 358 g/mol. The van der Waals surface area contributed by atoms with Crippen molar-refractivity contribution in [2.24, 2.45) is 0 Å². The van der Waals surface area contributed by atoms with Crippen molar-refractivity contribution < 1.29 is 4.79 Å². The van der Waals surface area contributed by atoms with E-state index in [0.29, 0.717) is 17.5 Å². The maximum absolute atomic E-state index is 11.8. The van der Waals surface area contributed by atoms with E-state index < -0.39 is 0 Å². The van der Waals surface area contributed by atoms with Crippen LogP contribution in [0.15, 0.2) is 15.9 Å². The Balaban J connectivity index is 1.74. The fourth-order valence-corrected chi connectivity index (χ4v) is 3.90. The molecule has 2 heterocycles. The Hall–Kier alpha value is -0.790.